The van der Waals surface area contributed by atoms with Crippen molar-refractivity contribution in [2.75, 3.05) is 13.2 Å². The molecule has 0 spiro atoms. The standard InChI is InChI=1S/C25H28F6N2O2.C2H6/c1-3-21(34)33-22(2)9-10-23(32-15-22,18-7-5-4-6-8-18)16-35-14-17-11-19(24(26,27)28)13-20(12-17)25(29,30)31;1-2/h4-8,11-13,32H,3,9-10,14-16H2,1-2H3,(H,33,34);1-2H3/t22-,23-;/m1./s1. The van der Waals surface area contributed by atoms with Crippen molar-refractivity contribution < 1.29 is 35.9 Å². The number of amides is 1. The molecule has 1 fully saturated rings. The van der Waals surface area contributed by atoms with E-state index < -0.39 is 41.2 Å². The summed E-state index contributed by atoms with van der Waals surface area (Å²) in [5.41, 5.74) is -3.29. The lowest BCUT2D eigenvalue weighted by molar-refractivity contribution is -0.143. The Morgan fingerprint density at radius 3 is 2.00 bits per heavy atom. The Morgan fingerprint density at radius 2 is 1.54 bits per heavy atom. The molecular weight excluding hydrogens is 498 g/mol. The van der Waals surface area contributed by atoms with E-state index in [4.69, 9.17) is 4.74 Å². The van der Waals surface area contributed by atoms with Gasteiger partial charge in [0.1, 0.15) is 0 Å². The second-order valence-electron chi connectivity index (χ2n) is 9.17. The number of piperidine rings is 1. The second-order valence-corrected chi connectivity index (χ2v) is 9.17. The van der Waals surface area contributed by atoms with Gasteiger partial charge in [-0.3, -0.25) is 4.79 Å². The summed E-state index contributed by atoms with van der Waals surface area (Å²) in [6.45, 7) is 7.69. The predicted octanol–water partition coefficient (Wildman–Crippen LogP) is 6.83. The van der Waals surface area contributed by atoms with Crippen LogP contribution < -0.4 is 10.6 Å². The van der Waals surface area contributed by atoms with E-state index in [-0.39, 0.29) is 24.1 Å². The quantitative estimate of drug-likeness (QED) is 0.385. The Balaban J connectivity index is 0.00000235. The van der Waals surface area contributed by atoms with Gasteiger partial charge < -0.3 is 15.4 Å². The molecular formula is C27H34F6N2O2. The maximum atomic E-state index is 13.2. The molecule has 2 aromatic rings. The van der Waals surface area contributed by atoms with Crippen LogP contribution in [0.2, 0.25) is 0 Å². The Morgan fingerprint density at radius 1 is 0.973 bits per heavy atom. The number of alkyl halides is 6. The molecule has 0 bridgehead atoms. The highest BCUT2D eigenvalue weighted by atomic mass is 19.4. The van der Waals surface area contributed by atoms with Gasteiger partial charge in [-0.05, 0) is 49.1 Å². The van der Waals surface area contributed by atoms with Crippen LogP contribution >= 0.6 is 0 Å². The van der Waals surface area contributed by atoms with Crippen LogP contribution in [-0.2, 0) is 34.0 Å². The van der Waals surface area contributed by atoms with Crippen molar-refractivity contribution >= 4 is 5.91 Å². The number of nitrogens with one attached hydrogen (secondary N) is 2. The number of hydrogen-bond donors (Lipinski definition) is 2. The van der Waals surface area contributed by atoms with Crippen molar-refractivity contribution in [2.45, 2.75) is 77.0 Å². The van der Waals surface area contributed by atoms with E-state index in [2.05, 4.69) is 10.6 Å². The predicted molar refractivity (Wildman–Crippen MR) is 130 cm³/mol. The lowest BCUT2D eigenvalue weighted by atomic mass is 9.77. The van der Waals surface area contributed by atoms with Crippen LogP contribution in [0.15, 0.2) is 48.5 Å². The minimum atomic E-state index is -4.92. The first-order valence-electron chi connectivity index (χ1n) is 12.2. The van der Waals surface area contributed by atoms with E-state index in [0.29, 0.717) is 37.9 Å². The first-order valence-corrected chi connectivity index (χ1v) is 12.2. The third kappa shape index (κ3) is 8.20. The first kappa shape index (κ1) is 30.6. The molecule has 10 heteroatoms. The van der Waals surface area contributed by atoms with E-state index in [0.717, 1.165) is 5.56 Å². The summed E-state index contributed by atoms with van der Waals surface area (Å²) < 4.78 is 84.8. The molecule has 1 saturated heterocycles. The molecule has 1 amide bonds. The van der Waals surface area contributed by atoms with Crippen molar-refractivity contribution in [1.29, 1.82) is 0 Å². The van der Waals surface area contributed by atoms with Crippen LogP contribution in [0.5, 0.6) is 0 Å². The zero-order chi connectivity index (χ0) is 27.9. The Hall–Kier alpha value is -2.59. The van der Waals surface area contributed by atoms with Gasteiger partial charge in [-0.1, -0.05) is 51.1 Å². The van der Waals surface area contributed by atoms with Crippen molar-refractivity contribution in [3.8, 4) is 0 Å². The van der Waals surface area contributed by atoms with E-state index in [1.54, 1.807) is 6.92 Å². The number of carbonyl (C=O) groups excluding carboxylic acids is 1. The lowest BCUT2D eigenvalue weighted by Crippen LogP contribution is -2.62. The maximum Gasteiger partial charge on any atom is 0.416 e. The van der Waals surface area contributed by atoms with Gasteiger partial charge in [-0.2, -0.15) is 26.3 Å². The molecule has 1 heterocycles. The average Bonchev–Trinajstić information content (AvgIpc) is 2.86. The smallest absolute Gasteiger partial charge is 0.374 e. The van der Waals surface area contributed by atoms with Gasteiger partial charge in [-0.15, -0.1) is 0 Å². The summed E-state index contributed by atoms with van der Waals surface area (Å²) in [4.78, 5) is 11.9. The van der Waals surface area contributed by atoms with E-state index in [1.807, 2.05) is 51.1 Å². The van der Waals surface area contributed by atoms with Crippen LogP contribution in [-0.4, -0.2) is 24.6 Å². The normalized spacial score (nSPS) is 22.1. The fourth-order valence-corrected chi connectivity index (χ4v) is 4.22. The number of hydrogen-bond acceptors (Lipinski definition) is 3. The summed E-state index contributed by atoms with van der Waals surface area (Å²) in [5.74, 6) is -0.0808. The average molecular weight is 533 g/mol. The topological polar surface area (TPSA) is 50.4 Å². The molecule has 3 rings (SSSR count). The number of benzene rings is 2. The molecule has 0 aliphatic carbocycles. The fourth-order valence-electron chi connectivity index (χ4n) is 4.22. The number of carbonyl (C=O) groups is 1. The van der Waals surface area contributed by atoms with Crippen molar-refractivity contribution in [2.24, 2.45) is 0 Å². The SMILES string of the molecule is CC.CCC(=O)N[C@]1(C)CC[C@@](COCc2cc(C(F)(F)F)cc(C(F)(F)F)c2)(c2ccccc2)NC1. The van der Waals surface area contributed by atoms with E-state index in [1.165, 1.54) is 0 Å². The molecule has 1 aliphatic rings. The second kappa shape index (κ2) is 12.3. The lowest BCUT2D eigenvalue weighted by Gasteiger charge is -2.46. The van der Waals surface area contributed by atoms with Gasteiger partial charge in [0.05, 0.1) is 29.9 Å². The molecule has 1 aliphatic heterocycles. The minimum Gasteiger partial charge on any atom is -0.374 e. The summed E-state index contributed by atoms with van der Waals surface area (Å²) in [5, 5.41) is 6.43. The molecule has 0 saturated carbocycles. The van der Waals surface area contributed by atoms with Gasteiger partial charge in [0.15, 0.2) is 0 Å². The molecule has 2 aromatic carbocycles. The van der Waals surface area contributed by atoms with Gasteiger partial charge >= 0.3 is 12.4 Å². The number of ether oxygens (including phenoxy) is 1. The summed E-state index contributed by atoms with van der Waals surface area (Å²) in [6.07, 6.45) is -8.35. The van der Waals surface area contributed by atoms with Crippen molar-refractivity contribution in [3.05, 3.63) is 70.8 Å². The Bertz CT molecular complexity index is 982. The Labute approximate surface area is 213 Å². The third-order valence-corrected chi connectivity index (χ3v) is 6.27. The first-order chi connectivity index (χ1) is 17.3. The van der Waals surface area contributed by atoms with Crippen molar-refractivity contribution in [3.63, 3.8) is 0 Å². The van der Waals surface area contributed by atoms with Crippen LogP contribution in [0.3, 0.4) is 0 Å². The minimum absolute atomic E-state index is 0.0203. The van der Waals surface area contributed by atoms with Crippen LogP contribution in [0, 0.1) is 0 Å². The number of halogens is 6. The fraction of sp³-hybridized carbons (Fsp3) is 0.519. The highest BCUT2D eigenvalue weighted by Gasteiger charge is 2.42. The van der Waals surface area contributed by atoms with Crippen molar-refractivity contribution in [1.82, 2.24) is 10.6 Å². The monoisotopic (exact) mass is 532 g/mol. The Kier molecular flexibility index (Phi) is 10.2. The van der Waals surface area contributed by atoms with Crippen LogP contribution in [0.25, 0.3) is 0 Å². The third-order valence-electron chi connectivity index (χ3n) is 6.27. The molecule has 2 N–H and O–H groups in total. The molecule has 4 nitrogen and oxygen atoms in total. The van der Waals surface area contributed by atoms with Gasteiger partial charge in [0, 0.05) is 18.5 Å². The van der Waals surface area contributed by atoms with Gasteiger partial charge in [0.2, 0.25) is 5.91 Å². The molecule has 37 heavy (non-hydrogen) atoms. The van der Waals surface area contributed by atoms with E-state index in [9.17, 15) is 31.1 Å². The highest BCUT2D eigenvalue weighted by Crippen LogP contribution is 2.37. The molecule has 0 aromatic heterocycles. The molecule has 0 radical (unpaired) electrons. The highest BCUT2D eigenvalue weighted by molar-refractivity contribution is 5.76. The summed E-state index contributed by atoms with van der Waals surface area (Å²) in [6, 6.07) is 10.7. The van der Waals surface area contributed by atoms with Crippen LogP contribution in [0.4, 0.5) is 26.3 Å². The molecule has 0 unspecified atom stereocenters. The van der Waals surface area contributed by atoms with Gasteiger partial charge in [-0.25, -0.2) is 0 Å². The zero-order valence-corrected chi connectivity index (χ0v) is 21.4. The molecule has 2 atom stereocenters. The number of rotatable bonds is 7. The summed E-state index contributed by atoms with van der Waals surface area (Å²) >= 11 is 0. The van der Waals surface area contributed by atoms with Crippen LogP contribution in [0.1, 0.15) is 69.2 Å². The zero-order valence-electron chi connectivity index (χ0n) is 21.4. The maximum absolute atomic E-state index is 13.2. The van der Waals surface area contributed by atoms with E-state index >= 15 is 0 Å². The molecule has 206 valence electrons. The van der Waals surface area contributed by atoms with Gasteiger partial charge in [0.25, 0.3) is 0 Å². The largest absolute Gasteiger partial charge is 0.416 e. The summed E-state index contributed by atoms with van der Waals surface area (Å²) in [7, 11) is 0.